The molecule has 2 heterocycles. The molecule has 1 unspecified atom stereocenters. The fourth-order valence-electron chi connectivity index (χ4n) is 4.47. The fourth-order valence-corrected chi connectivity index (χ4v) is 5.49. The second-order valence-corrected chi connectivity index (χ2v) is 9.63. The number of aromatic hydroxyl groups is 1. The average molecular weight is 547 g/mol. The number of phenolic OH excluding ortho intramolecular Hbond substituents is 1. The van der Waals surface area contributed by atoms with E-state index in [0.717, 1.165) is 4.70 Å². The molecule has 1 aliphatic heterocycles. The Hall–Kier alpha value is -4.57. The molecule has 5 rings (SSSR count). The van der Waals surface area contributed by atoms with Gasteiger partial charge < -0.3 is 24.4 Å². The predicted octanol–water partition coefficient (Wildman–Crippen LogP) is 5.43. The van der Waals surface area contributed by atoms with Crippen molar-refractivity contribution in [3.05, 3.63) is 77.4 Å². The summed E-state index contributed by atoms with van der Waals surface area (Å²) in [6, 6.07) is 15.5. The molecule has 10 heteroatoms. The molecule has 0 spiro atoms. The Balaban J connectivity index is 1.70. The second kappa shape index (κ2) is 10.7. The van der Waals surface area contributed by atoms with Gasteiger partial charge in [0, 0.05) is 5.56 Å². The van der Waals surface area contributed by atoms with Crippen molar-refractivity contribution in [1.29, 1.82) is 0 Å². The molecule has 0 radical (unpaired) electrons. The molecule has 4 aromatic rings. The lowest BCUT2D eigenvalue weighted by Crippen LogP contribution is -2.29. The van der Waals surface area contributed by atoms with Crippen molar-refractivity contribution in [1.82, 2.24) is 4.98 Å². The van der Waals surface area contributed by atoms with Crippen molar-refractivity contribution in [2.75, 3.05) is 25.2 Å². The van der Waals surface area contributed by atoms with E-state index < -0.39 is 17.7 Å². The molecule has 1 aliphatic rings. The number of hydrogen-bond acceptors (Lipinski definition) is 9. The number of ether oxygens (including phenoxy) is 3. The molecule has 1 fully saturated rings. The lowest BCUT2D eigenvalue weighted by Gasteiger charge is -2.23. The van der Waals surface area contributed by atoms with Crippen LogP contribution < -0.4 is 19.1 Å². The standard InChI is InChI=1S/C29H26N2O7S/c1-4-37-18-9-6-16(7-10-18)26(33)24-25(17-8-13-21(32)22(14-17)38-5-2)31(28(35)27(24)34)29-30-20-12-11-19(36-3)15-23(20)39-29/h6-15,25,32-33H,4-5H2,1-3H3/b26-24+. The molecule has 1 aromatic heterocycles. The molecule has 2 N–H and O–H groups in total. The largest absolute Gasteiger partial charge is 0.507 e. The predicted molar refractivity (Wildman–Crippen MR) is 148 cm³/mol. The van der Waals surface area contributed by atoms with E-state index >= 15 is 0 Å². The highest BCUT2D eigenvalue weighted by Gasteiger charge is 2.48. The molecule has 0 bridgehead atoms. The van der Waals surface area contributed by atoms with Gasteiger partial charge in [-0.3, -0.25) is 14.5 Å². The molecular weight excluding hydrogens is 520 g/mol. The number of hydrogen-bond donors (Lipinski definition) is 2. The number of ketones is 1. The summed E-state index contributed by atoms with van der Waals surface area (Å²) in [4.78, 5) is 32.9. The van der Waals surface area contributed by atoms with Crippen LogP contribution in [0.25, 0.3) is 16.0 Å². The summed E-state index contributed by atoms with van der Waals surface area (Å²) < 4.78 is 17.1. The van der Waals surface area contributed by atoms with Crippen LogP contribution in [0.3, 0.4) is 0 Å². The third-order valence-electron chi connectivity index (χ3n) is 6.27. The number of amides is 1. The first-order valence-electron chi connectivity index (χ1n) is 12.3. The van der Waals surface area contributed by atoms with E-state index in [1.165, 1.54) is 22.3 Å². The molecule has 1 amide bonds. The second-order valence-electron chi connectivity index (χ2n) is 8.62. The van der Waals surface area contributed by atoms with Crippen LogP contribution in [0.5, 0.6) is 23.0 Å². The highest BCUT2D eigenvalue weighted by atomic mass is 32.1. The van der Waals surface area contributed by atoms with Crippen molar-refractivity contribution >= 4 is 44.1 Å². The number of thiazole rings is 1. The fraction of sp³-hybridized carbons (Fsp3) is 0.207. The average Bonchev–Trinajstić information content (AvgIpc) is 3.47. The molecule has 200 valence electrons. The summed E-state index contributed by atoms with van der Waals surface area (Å²) in [5, 5.41) is 22.0. The molecule has 9 nitrogen and oxygen atoms in total. The van der Waals surface area contributed by atoms with E-state index in [-0.39, 0.29) is 28.0 Å². The van der Waals surface area contributed by atoms with E-state index in [0.29, 0.717) is 41.4 Å². The van der Waals surface area contributed by atoms with Gasteiger partial charge in [0.2, 0.25) is 0 Å². The molecule has 0 saturated carbocycles. The number of phenols is 1. The number of benzene rings is 3. The number of fused-ring (bicyclic) bond motifs is 1. The van der Waals surface area contributed by atoms with Gasteiger partial charge in [-0.05, 0) is 74.0 Å². The van der Waals surface area contributed by atoms with Gasteiger partial charge >= 0.3 is 5.91 Å². The summed E-state index contributed by atoms with van der Waals surface area (Å²) in [5.41, 5.74) is 1.33. The van der Waals surface area contributed by atoms with Crippen LogP contribution in [0, 0.1) is 0 Å². The SMILES string of the molecule is CCOc1ccc(/C(O)=C2\C(=O)C(=O)N(c3nc4ccc(OC)cc4s3)C2c2ccc(O)c(OCC)c2)cc1. The Morgan fingerprint density at radius 2 is 1.69 bits per heavy atom. The van der Waals surface area contributed by atoms with E-state index in [1.807, 2.05) is 6.92 Å². The lowest BCUT2D eigenvalue weighted by molar-refractivity contribution is -0.132. The van der Waals surface area contributed by atoms with Gasteiger partial charge in [0.25, 0.3) is 5.78 Å². The number of methoxy groups -OCH3 is 1. The van der Waals surface area contributed by atoms with Crippen molar-refractivity contribution in [2.45, 2.75) is 19.9 Å². The smallest absolute Gasteiger partial charge is 0.301 e. The van der Waals surface area contributed by atoms with Crippen LogP contribution in [-0.2, 0) is 9.59 Å². The first-order chi connectivity index (χ1) is 18.9. The molecule has 0 aliphatic carbocycles. The first-order valence-corrected chi connectivity index (χ1v) is 13.1. The minimum atomic E-state index is -1.03. The summed E-state index contributed by atoms with van der Waals surface area (Å²) in [7, 11) is 1.56. The normalized spacial score (nSPS) is 16.6. The maximum Gasteiger partial charge on any atom is 0.301 e. The third-order valence-corrected chi connectivity index (χ3v) is 7.29. The molecular formula is C29H26N2O7S. The maximum absolute atomic E-state index is 13.5. The molecule has 39 heavy (non-hydrogen) atoms. The number of aromatic nitrogens is 1. The monoisotopic (exact) mass is 546 g/mol. The van der Waals surface area contributed by atoms with Crippen molar-refractivity contribution in [3.8, 4) is 23.0 Å². The number of Topliss-reactive ketones (excluding diaryl/α,β-unsaturated/α-hetero) is 1. The van der Waals surface area contributed by atoms with E-state index in [9.17, 15) is 19.8 Å². The highest BCUT2D eigenvalue weighted by molar-refractivity contribution is 7.22. The topological polar surface area (TPSA) is 118 Å². The maximum atomic E-state index is 13.5. The van der Waals surface area contributed by atoms with Crippen LogP contribution in [0.15, 0.2) is 66.2 Å². The van der Waals surface area contributed by atoms with Gasteiger partial charge in [0.15, 0.2) is 16.6 Å². The minimum absolute atomic E-state index is 0.0869. The Labute approximate surface area is 228 Å². The van der Waals surface area contributed by atoms with Gasteiger partial charge in [-0.1, -0.05) is 17.4 Å². The highest BCUT2D eigenvalue weighted by Crippen LogP contribution is 2.46. The summed E-state index contributed by atoms with van der Waals surface area (Å²) in [5.74, 6) is -0.675. The summed E-state index contributed by atoms with van der Waals surface area (Å²) in [6.45, 7) is 4.41. The van der Waals surface area contributed by atoms with Crippen LogP contribution in [0.1, 0.15) is 31.0 Å². The molecule has 3 aromatic carbocycles. The zero-order valence-corrected chi connectivity index (χ0v) is 22.3. The van der Waals surface area contributed by atoms with Crippen LogP contribution in [0.4, 0.5) is 5.13 Å². The quantitative estimate of drug-likeness (QED) is 0.171. The van der Waals surface area contributed by atoms with Gasteiger partial charge in [0.05, 0.1) is 42.2 Å². The Bertz CT molecular complexity index is 1590. The van der Waals surface area contributed by atoms with Gasteiger partial charge in [-0.15, -0.1) is 0 Å². The van der Waals surface area contributed by atoms with E-state index in [4.69, 9.17) is 14.2 Å². The van der Waals surface area contributed by atoms with Crippen molar-refractivity contribution < 1.29 is 34.0 Å². The molecule has 1 saturated heterocycles. The Morgan fingerprint density at radius 1 is 0.974 bits per heavy atom. The Morgan fingerprint density at radius 3 is 2.38 bits per heavy atom. The number of carbonyl (C=O) groups excluding carboxylic acids is 2. The zero-order chi connectivity index (χ0) is 27.7. The number of rotatable bonds is 8. The summed E-state index contributed by atoms with van der Waals surface area (Å²) in [6.07, 6.45) is 0. The van der Waals surface area contributed by atoms with Gasteiger partial charge in [0.1, 0.15) is 17.3 Å². The number of anilines is 1. The van der Waals surface area contributed by atoms with Crippen LogP contribution in [0.2, 0.25) is 0 Å². The zero-order valence-electron chi connectivity index (χ0n) is 21.5. The number of nitrogens with zero attached hydrogens (tertiary/aromatic N) is 2. The number of carbonyl (C=O) groups is 2. The lowest BCUT2D eigenvalue weighted by atomic mass is 9.95. The first kappa shape index (κ1) is 26.1. The molecule has 1 atom stereocenters. The van der Waals surface area contributed by atoms with Crippen molar-refractivity contribution in [3.63, 3.8) is 0 Å². The van der Waals surface area contributed by atoms with Gasteiger partial charge in [-0.2, -0.15) is 0 Å². The van der Waals surface area contributed by atoms with E-state index in [1.54, 1.807) is 68.6 Å². The number of aliphatic hydroxyl groups excluding tert-OH is 1. The van der Waals surface area contributed by atoms with E-state index in [2.05, 4.69) is 4.98 Å². The van der Waals surface area contributed by atoms with Crippen LogP contribution >= 0.6 is 11.3 Å². The summed E-state index contributed by atoms with van der Waals surface area (Å²) >= 11 is 1.22. The van der Waals surface area contributed by atoms with Crippen LogP contribution in [-0.4, -0.2) is 47.2 Å². The third kappa shape index (κ3) is 4.74. The van der Waals surface area contributed by atoms with Gasteiger partial charge in [-0.25, -0.2) is 4.98 Å². The number of aliphatic hydroxyl groups is 1. The van der Waals surface area contributed by atoms with Crippen molar-refractivity contribution in [2.24, 2.45) is 0 Å². The Kier molecular flexibility index (Phi) is 7.12. The minimum Gasteiger partial charge on any atom is -0.507 e.